The van der Waals surface area contributed by atoms with Gasteiger partial charge < -0.3 is 10.2 Å². The van der Waals surface area contributed by atoms with Crippen LogP contribution < -0.4 is 5.32 Å². The highest BCUT2D eigenvalue weighted by atomic mass is 19.2. The second kappa shape index (κ2) is 7.77. The molecule has 20 heavy (non-hydrogen) atoms. The Bertz CT molecular complexity index is 460. The first-order chi connectivity index (χ1) is 9.51. The van der Waals surface area contributed by atoms with Gasteiger partial charge in [0.1, 0.15) is 0 Å². The van der Waals surface area contributed by atoms with Gasteiger partial charge in [-0.05, 0) is 25.0 Å². The van der Waals surface area contributed by atoms with Crippen molar-refractivity contribution in [3.8, 4) is 0 Å². The first-order valence-electron chi connectivity index (χ1n) is 6.66. The lowest BCUT2D eigenvalue weighted by Crippen LogP contribution is -2.36. The average molecular weight is 288 g/mol. The van der Waals surface area contributed by atoms with Gasteiger partial charge in [0, 0.05) is 13.1 Å². The van der Waals surface area contributed by atoms with E-state index in [2.05, 4.69) is 5.32 Å². The van der Waals surface area contributed by atoms with Gasteiger partial charge >= 0.3 is 0 Å². The molecule has 0 heterocycles. The molecule has 0 radical (unpaired) electrons. The number of amides is 1. The van der Waals surface area contributed by atoms with Crippen LogP contribution in [0.4, 0.5) is 18.9 Å². The maximum Gasteiger partial charge on any atom is 0.241 e. The van der Waals surface area contributed by atoms with Gasteiger partial charge in [-0.2, -0.15) is 0 Å². The molecule has 1 rings (SSSR count). The Labute approximate surface area is 116 Å². The van der Waals surface area contributed by atoms with Crippen molar-refractivity contribution in [1.82, 2.24) is 4.90 Å². The van der Waals surface area contributed by atoms with Crippen molar-refractivity contribution in [2.24, 2.45) is 0 Å². The van der Waals surface area contributed by atoms with Gasteiger partial charge in [0.25, 0.3) is 0 Å². The summed E-state index contributed by atoms with van der Waals surface area (Å²) in [6.07, 6.45) is 1.65. The van der Waals surface area contributed by atoms with Gasteiger partial charge in [0.2, 0.25) is 5.91 Å². The third kappa shape index (κ3) is 4.15. The van der Waals surface area contributed by atoms with Crippen LogP contribution >= 0.6 is 0 Å². The van der Waals surface area contributed by atoms with Crippen LogP contribution in [-0.4, -0.2) is 30.4 Å². The zero-order chi connectivity index (χ0) is 15.1. The van der Waals surface area contributed by atoms with Crippen molar-refractivity contribution in [2.75, 3.05) is 25.0 Å². The fraction of sp³-hybridized carbons (Fsp3) is 0.500. The van der Waals surface area contributed by atoms with Gasteiger partial charge in [0.05, 0.1) is 12.2 Å². The Morgan fingerprint density at radius 2 is 1.70 bits per heavy atom. The van der Waals surface area contributed by atoms with Crippen molar-refractivity contribution in [3.05, 3.63) is 29.6 Å². The summed E-state index contributed by atoms with van der Waals surface area (Å²) in [5.41, 5.74) is -0.217. The fourth-order valence-corrected chi connectivity index (χ4v) is 1.85. The number of carbonyl (C=O) groups excluding carboxylic acids is 1. The molecule has 6 heteroatoms. The summed E-state index contributed by atoms with van der Waals surface area (Å²) < 4.78 is 39.2. The first kappa shape index (κ1) is 16.3. The SMILES string of the molecule is CCCN(CCC)C(=O)CNc1ccc(F)c(F)c1F. The van der Waals surface area contributed by atoms with Gasteiger partial charge in [-0.15, -0.1) is 0 Å². The fourth-order valence-electron chi connectivity index (χ4n) is 1.85. The van der Waals surface area contributed by atoms with Crippen LogP contribution in [0, 0.1) is 17.5 Å². The molecule has 3 nitrogen and oxygen atoms in total. The molecule has 1 aromatic carbocycles. The van der Waals surface area contributed by atoms with Crippen LogP contribution in [0.5, 0.6) is 0 Å². The number of anilines is 1. The number of nitrogens with one attached hydrogen (secondary N) is 1. The van der Waals surface area contributed by atoms with E-state index in [1.807, 2.05) is 13.8 Å². The summed E-state index contributed by atoms with van der Waals surface area (Å²) in [5, 5.41) is 2.51. The molecule has 0 bridgehead atoms. The second-order valence-electron chi connectivity index (χ2n) is 4.46. The van der Waals surface area contributed by atoms with E-state index in [-0.39, 0.29) is 18.1 Å². The highest BCUT2D eigenvalue weighted by Gasteiger charge is 2.15. The molecule has 0 aliphatic heterocycles. The molecule has 0 saturated carbocycles. The van der Waals surface area contributed by atoms with Crippen LogP contribution in [0.3, 0.4) is 0 Å². The minimum Gasteiger partial charge on any atom is -0.374 e. The summed E-state index contributed by atoms with van der Waals surface area (Å²) in [7, 11) is 0. The van der Waals surface area contributed by atoms with E-state index < -0.39 is 17.5 Å². The van der Waals surface area contributed by atoms with Crippen LogP contribution in [0.1, 0.15) is 26.7 Å². The molecule has 0 saturated heterocycles. The minimum absolute atomic E-state index is 0.151. The van der Waals surface area contributed by atoms with Gasteiger partial charge in [0.15, 0.2) is 17.5 Å². The third-order valence-corrected chi connectivity index (χ3v) is 2.81. The van der Waals surface area contributed by atoms with E-state index in [0.717, 1.165) is 25.0 Å². The van der Waals surface area contributed by atoms with E-state index >= 15 is 0 Å². The van der Waals surface area contributed by atoms with Crippen LogP contribution in [0.15, 0.2) is 12.1 Å². The van der Waals surface area contributed by atoms with Crippen molar-refractivity contribution in [2.45, 2.75) is 26.7 Å². The summed E-state index contributed by atoms with van der Waals surface area (Å²) >= 11 is 0. The van der Waals surface area contributed by atoms with Crippen LogP contribution in [0.2, 0.25) is 0 Å². The highest BCUT2D eigenvalue weighted by molar-refractivity contribution is 5.80. The summed E-state index contributed by atoms with van der Waals surface area (Å²) in [6.45, 7) is 5.00. The minimum atomic E-state index is -1.54. The van der Waals surface area contributed by atoms with E-state index in [4.69, 9.17) is 0 Å². The number of halogens is 3. The maximum atomic E-state index is 13.4. The summed E-state index contributed by atoms with van der Waals surface area (Å²) in [4.78, 5) is 13.6. The maximum absolute atomic E-state index is 13.4. The van der Waals surface area contributed by atoms with Crippen LogP contribution in [-0.2, 0) is 4.79 Å². The zero-order valence-electron chi connectivity index (χ0n) is 11.7. The van der Waals surface area contributed by atoms with E-state index in [9.17, 15) is 18.0 Å². The Hall–Kier alpha value is -1.72. The average Bonchev–Trinajstić information content (AvgIpc) is 2.43. The highest BCUT2D eigenvalue weighted by Crippen LogP contribution is 2.19. The van der Waals surface area contributed by atoms with Crippen molar-refractivity contribution >= 4 is 11.6 Å². The predicted molar refractivity (Wildman–Crippen MR) is 72.0 cm³/mol. The smallest absolute Gasteiger partial charge is 0.241 e. The topological polar surface area (TPSA) is 32.3 Å². The van der Waals surface area contributed by atoms with Crippen molar-refractivity contribution in [1.29, 1.82) is 0 Å². The van der Waals surface area contributed by atoms with Gasteiger partial charge in [-0.3, -0.25) is 4.79 Å². The summed E-state index contributed by atoms with van der Waals surface area (Å²) in [5.74, 6) is -4.30. The molecule has 0 fully saturated rings. The lowest BCUT2D eigenvalue weighted by molar-refractivity contribution is -0.129. The molecule has 0 atom stereocenters. The molecular formula is C14H19F3N2O. The molecule has 0 unspecified atom stereocenters. The number of benzene rings is 1. The van der Waals surface area contributed by atoms with Crippen LogP contribution in [0.25, 0.3) is 0 Å². The molecule has 1 aromatic rings. The predicted octanol–water partition coefficient (Wildman–Crippen LogP) is 3.16. The molecule has 0 aliphatic rings. The third-order valence-electron chi connectivity index (χ3n) is 2.81. The lowest BCUT2D eigenvalue weighted by atomic mass is 10.2. The Kier molecular flexibility index (Phi) is 6.35. The lowest BCUT2D eigenvalue weighted by Gasteiger charge is -2.22. The molecule has 0 aliphatic carbocycles. The summed E-state index contributed by atoms with van der Waals surface area (Å²) in [6, 6.07) is 1.89. The van der Waals surface area contributed by atoms with Gasteiger partial charge in [-0.1, -0.05) is 13.8 Å². The molecule has 112 valence electrons. The Balaban J connectivity index is 2.66. The monoisotopic (exact) mass is 288 g/mol. The molecule has 1 amide bonds. The first-order valence-corrected chi connectivity index (χ1v) is 6.66. The Morgan fingerprint density at radius 3 is 2.25 bits per heavy atom. The molecule has 0 aromatic heterocycles. The number of hydrogen-bond donors (Lipinski definition) is 1. The molecule has 0 spiro atoms. The zero-order valence-corrected chi connectivity index (χ0v) is 11.7. The van der Waals surface area contributed by atoms with E-state index in [1.54, 1.807) is 4.90 Å². The standard InChI is InChI=1S/C14H19F3N2O/c1-3-7-19(8-4-2)12(20)9-18-11-6-5-10(15)13(16)14(11)17/h5-6,18H,3-4,7-9H2,1-2H3. The molecular weight excluding hydrogens is 269 g/mol. The van der Waals surface area contributed by atoms with E-state index in [1.165, 1.54) is 0 Å². The molecule has 1 N–H and O–H groups in total. The normalized spacial score (nSPS) is 10.4. The second-order valence-corrected chi connectivity index (χ2v) is 4.46. The quantitative estimate of drug-likeness (QED) is 0.782. The van der Waals surface area contributed by atoms with Gasteiger partial charge in [-0.25, -0.2) is 13.2 Å². The number of rotatable bonds is 7. The van der Waals surface area contributed by atoms with E-state index in [0.29, 0.717) is 13.1 Å². The Morgan fingerprint density at radius 1 is 1.10 bits per heavy atom. The van der Waals surface area contributed by atoms with Crippen molar-refractivity contribution in [3.63, 3.8) is 0 Å². The number of nitrogens with zero attached hydrogens (tertiary/aromatic N) is 1. The van der Waals surface area contributed by atoms with Crippen molar-refractivity contribution < 1.29 is 18.0 Å². The number of hydrogen-bond acceptors (Lipinski definition) is 2. The number of carbonyl (C=O) groups is 1. The largest absolute Gasteiger partial charge is 0.374 e.